The molecule has 0 fully saturated rings. The van der Waals surface area contributed by atoms with Crippen LogP contribution in [-0.2, 0) is 26.2 Å². The van der Waals surface area contributed by atoms with Crippen LogP contribution in [0.4, 0.5) is 5.69 Å². The minimum Gasteiger partial charge on any atom is -0.352 e. The third-order valence-electron chi connectivity index (χ3n) is 6.40. The Hall–Kier alpha value is -3.36. The first-order valence-corrected chi connectivity index (χ1v) is 14.6. The van der Waals surface area contributed by atoms with Crippen molar-refractivity contribution in [3.8, 4) is 0 Å². The van der Waals surface area contributed by atoms with Crippen molar-refractivity contribution in [3.63, 3.8) is 0 Å². The number of aryl methyl sites for hydroxylation is 3. The van der Waals surface area contributed by atoms with Gasteiger partial charge in [0.1, 0.15) is 12.6 Å². The van der Waals surface area contributed by atoms with Crippen molar-refractivity contribution in [2.75, 3.05) is 10.8 Å². The number of nitrogens with one attached hydrogen (secondary N) is 1. The highest BCUT2D eigenvalue weighted by molar-refractivity contribution is 7.92. The van der Waals surface area contributed by atoms with E-state index < -0.39 is 28.5 Å². The molecule has 0 bridgehead atoms. The molecule has 3 aromatic rings. The summed E-state index contributed by atoms with van der Waals surface area (Å²) in [7, 11) is -4.16. The maximum absolute atomic E-state index is 14.0. The normalized spacial score (nSPS) is 12.2. The monoisotopic (exact) mass is 569 g/mol. The van der Waals surface area contributed by atoms with E-state index in [0.717, 1.165) is 21.0 Å². The quantitative estimate of drug-likeness (QED) is 0.354. The SMILES string of the molecule is Cc1ccc(CN(C(=O)CN(c2cc(Cl)ccc2C)S(=O)(=O)c2ccc(C)cc2)[C@H](C)C(=O)NC(C)C)cc1. The molecule has 0 saturated heterocycles. The van der Waals surface area contributed by atoms with Crippen molar-refractivity contribution in [1.29, 1.82) is 0 Å². The number of halogens is 1. The van der Waals surface area contributed by atoms with E-state index >= 15 is 0 Å². The number of amides is 2. The number of sulfonamides is 1. The molecule has 208 valence electrons. The average molecular weight is 570 g/mol. The number of carbonyl (C=O) groups is 2. The van der Waals surface area contributed by atoms with Crippen LogP contribution in [-0.4, -0.2) is 43.8 Å². The van der Waals surface area contributed by atoms with Crippen LogP contribution in [0.1, 0.15) is 43.0 Å². The van der Waals surface area contributed by atoms with Gasteiger partial charge in [0.25, 0.3) is 10.0 Å². The number of anilines is 1. The molecule has 39 heavy (non-hydrogen) atoms. The summed E-state index contributed by atoms with van der Waals surface area (Å²) in [5.74, 6) is -0.839. The Morgan fingerprint density at radius 3 is 2.00 bits per heavy atom. The van der Waals surface area contributed by atoms with E-state index in [-0.39, 0.29) is 23.4 Å². The Morgan fingerprint density at radius 1 is 0.872 bits per heavy atom. The van der Waals surface area contributed by atoms with Crippen LogP contribution < -0.4 is 9.62 Å². The van der Waals surface area contributed by atoms with Gasteiger partial charge in [-0.2, -0.15) is 0 Å². The standard InChI is InChI=1S/C30H36ClN3O4S/c1-20(2)32-30(36)24(6)33(18-25-12-7-21(3)8-13-25)29(35)19-34(28-17-26(31)14-11-23(28)5)39(37,38)27-15-9-22(4)10-16-27/h7-17,20,24H,18-19H2,1-6H3,(H,32,36)/t24-/m1/s1. The smallest absolute Gasteiger partial charge is 0.264 e. The molecule has 7 nitrogen and oxygen atoms in total. The van der Waals surface area contributed by atoms with Gasteiger partial charge in [-0.15, -0.1) is 0 Å². The van der Waals surface area contributed by atoms with Gasteiger partial charge in [-0.3, -0.25) is 13.9 Å². The number of benzene rings is 3. The summed E-state index contributed by atoms with van der Waals surface area (Å²) in [6.45, 7) is 10.5. The molecule has 9 heteroatoms. The maximum atomic E-state index is 14.0. The van der Waals surface area contributed by atoms with Crippen LogP contribution in [0.15, 0.2) is 71.6 Å². The van der Waals surface area contributed by atoms with Crippen LogP contribution in [0.25, 0.3) is 0 Å². The topological polar surface area (TPSA) is 86.8 Å². The maximum Gasteiger partial charge on any atom is 0.264 e. The second kappa shape index (κ2) is 12.7. The first-order chi connectivity index (χ1) is 18.3. The highest BCUT2D eigenvalue weighted by Gasteiger charge is 2.33. The first kappa shape index (κ1) is 30.2. The van der Waals surface area contributed by atoms with E-state index in [4.69, 9.17) is 11.6 Å². The van der Waals surface area contributed by atoms with Gasteiger partial charge in [0.15, 0.2) is 0 Å². The molecular weight excluding hydrogens is 534 g/mol. The van der Waals surface area contributed by atoms with Crippen LogP contribution in [0.3, 0.4) is 0 Å². The largest absolute Gasteiger partial charge is 0.352 e. The molecule has 3 rings (SSSR count). The van der Waals surface area contributed by atoms with E-state index in [2.05, 4.69) is 5.32 Å². The summed E-state index contributed by atoms with van der Waals surface area (Å²) in [4.78, 5) is 28.4. The summed E-state index contributed by atoms with van der Waals surface area (Å²) in [5.41, 5.74) is 3.73. The zero-order valence-corrected chi connectivity index (χ0v) is 24.8. The van der Waals surface area contributed by atoms with Crippen LogP contribution in [0, 0.1) is 20.8 Å². The molecule has 0 radical (unpaired) electrons. The molecule has 2 amide bonds. The average Bonchev–Trinajstić information content (AvgIpc) is 2.87. The number of hydrogen-bond acceptors (Lipinski definition) is 4. The van der Waals surface area contributed by atoms with E-state index in [1.807, 2.05) is 52.0 Å². The van der Waals surface area contributed by atoms with Gasteiger partial charge in [-0.05, 0) is 76.9 Å². The summed E-state index contributed by atoms with van der Waals surface area (Å²) in [6.07, 6.45) is 0. The van der Waals surface area contributed by atoms with Gasteiger partial charge in [0.2, 0.25) is 11.8 Å². The van der Waals surface area contributed by atoms with Crippen LogP contribution in [0.5, 0.6) is 0 Å². The molecule has 1 N–H and O–H groups in total. The third kappa shape index (κ3) is 7.61. The highest BCUT2D eigenvalue weighted by Crippen LogP contribution is 2.30. The minimum absolute atomic E-state index is 0.0518. The van der Waals surface area contributed by atoms with Crippen molar-refractivity contribution >= 4 is 39.1 Å². The molecule has 0 aromatic heterocycles. The Labute approximate surface area is 236 Å². The minimum atomic E-state index is -4.16. The first-order valence-electron chi connectivity index (χ1n) is 12.8. The number of nitrogens with zero attached hydrogens (tertiary/aromatic N) is 2. The fourth-order valence-electron chi connectivity index (χ4n) is 4.08. The lowest BCUT2D eigenvalue weighted by molar-refractivity contribution is -0.139. The summed E-state index contributed by atoms with van der Waals surface area (Å²) < 4.78 is 29.0. The van der Waals surface area contributed by atoms with E-state index in [9.17, 15) is 18.0 Å². The Balaban J connectivity index is 2.07. The molecule has 1 atom stereocenters. The number of rotatable bonds is 10. The van der Waals surface area contributed by atoms with Crippen molar-refractivity contribution in [2.24, 2.45) is 0 Å². The second-order valence-corrected chi connectivity index (χ2v) is 12.4. The van der Waals surface area contributed by atoms with E-state index in [1.54, 1.807) is 38.1 Å². The molecule has 3 aromatic carbocycles. The Bertz CT molecular complexity index is 1420. The summed E-state index contributed by atoms with van der Waals surface area (Å²) >= 11 is 6.27. The molecule has 0 spiro atoms. The fourth-order valence-corrected chi connectivity index (χ4v) is 5.72. The van der Waals surface area contributed by atoms with Crippen molar-refractivity contribution in [2.45, 2.75) is 65.1 Å². The summed E-state index contributed by atoms with van der Waals surface area (Å²) in [6, 6.07) is 18.1. The zero-order chi connectivity index (χ0) is 28.9. The predicted octanol–water partition coefficient (Wildman–Crippen LogP) is 5.40. The third-order valence-corrected chi connectivity index (χ3v) is 8.41. The van der Waals surface area contributed by atoms with Crippen molar-refractivity contribution in [1.82, 2.24) is 10.2 Å². The van der Waals surface area contributed by atoms with Crippen LogP contribution in [0.2, 0.25) is 5.02 Å². The molecule has 0 aliphatic heterocycles. The molecular formula is C30H36ClN3O4S. The Kier molecular flexibility index (Phi) is 9.80. The van der Waals surface area contributed by atoms with Crippen molar-refractivity contribution < 1.29 is 18.0 Å². The summed E-state index contributed by atoms with van der Waals surface area (Å²) in [5, 5.41) is 3.19. The van der Waals surface area contributed by atoms with Gasteiger partial charge < -0.3 is 10.2 Å². The lowest BCUT2D eigenvalue weighted by atomic mass is 10.1. The number of carbonyl (C=O) groups excluding carboxylic acids is 2. The lowest BCUT2D eigenvalue weighted by Gasteiger charge is -2.32. The highest BCUT2D eigenvalue weighted by atomic mass is 35.5. The van der Waals surface area contributed by atoms with Gasteiger partial charge in [-0.1, -0.05) is 65.2 Å². The van der Waals surface area contributed by atoms with Gasteiger partial charge in [0.05, 0.1) is 10.6 Å². The van der Waals surface area contributed by atoms with Crippen LogP contribution >= 0.6 is 11.6 Å². The Morgan fingerprint density at radius 2 is 1.44 bits per heavy atom. The number of hydrogen-bond donors (Lipinski definition) is 1. The molecule has 0 heterocycles. The lowest BCUT2D eigenvalue weighted by Crippen LogP contribution is -2.52. The van der Waals surface area contributed by atoms with Gasteiger partial charge >= 0.3 is 0 Å². The van der Waals surface area contributed by atoms with Gasteiger partial charge in [0, 0.05) is 17.6 Å². The predicted molar refractivity (Wildman–Crippen MR) is 156 cm³/mol. The fraction of sp³-hybridized carbons (Fsp3) is 0.333. The van der Waals surface area contributed by atoms with E-state index in [0.29, 0.717) is 16.3 Å². The molecule has 0 aliphatic rings. The second-order valence-electron chi connectivity index (χ2n) is 10.1. The zero-order valence-electron chi connectivity index (χ0n) is 23.2. The van der Waals surface area contributed by atoms with E-state index in [1.165, 1.54) is 23.1 Å². The van der Waals surface area contributed by atoms with Crippen molar-refractivity contribution in [3.05, 3.63) is 94.0 Å². The van der Waals surface area contributed by atoms with Gasteiger partial charge in [-0.25, -0.2) is 8.42 Å². The molecule has 0 aliphatic carbocycles. The molecule has 0 saturated carbocycles. The molecule has 0 unspecified atom stereocenters.